The van der Waals surface area contributed by atoms with Crippen LogP contribution in [0.4, 0.5) is 5.00 Å². The number of rotatable bonds is 8. The van der Waals surface area contributed by atoms with E-state index in [2.05, 4.69) is 5.32 Å². The van der Waals surface area contributed by atoms with Crippen LogP contribution in [0.5, 0.6) is 0 Å². The van der Waals surface area contributed by atoms with Crippen LogP contribution in [-0.4, -0.2) is 32.7 Å². The zero-order valence-electron chi connectivity index (χ0n) is 16.5. The Kier molecular flexibility index (Phi) is 7.37. The van der Waals surface area contributed by atoms with Crippen LogP contribution in [0.15, 0.2) is 29.2 Å². The Morgan fingerprint density at radius 1 is 1.11 bits per heavy atom. The van der Waals surface area contributed by atoms with E-state index in [9.17, 15) is 18.0 Å². The minimum absolute atomic E-state index is 0.0450. The first-order valence-corrected chi connectivity index (χ1v) is 11.5. The molecule has 0 saturated heterocycles. The Balaban J connectivity index is 1.99. The summed E-state index contributed by atoms with van der Waals surface area (Å²) in [4.78, 5) is 25.6. The van der Waals surface area contributed by atoms with Crippen molar-refractivity contribution in [2.24, 2.45) is 0 Å². The fourth-order valence-electron chi connectivity index (χ4n) is 2.64. The molecule has 0 atom stereocenters. The second-order valence-electron chi connectivity index (χ2n) is 6.49. The van der Waals surface area contributed by atoms with Crippen molar-refractivity contribution in [1.82, 2.24) is 0 Å². The Bertz CT molecular complexity index is 959. The average molecular weight is 424 g/mol. The van der Waals surface area contributed by atoms with E-state index in [-0.39, 0.29) is 36.0 Å². The number of anilines is 1. The van der Waals surface area contributed by atoms with Crippen molar-refractivity contribution in [2.75, 3.05) is 17.7 Å². The third-order valence-electron chi connectivity index (χ3n) is 4.31. The Morgan fingerprint density at radius 3 is 2.36 bits per heavy atom. The van der Waals surface area contributed by atoms with Gasteiger partial charge in [-0.2, -0.15) is 0 Å². The Morgan fingerprint density at radius 2 is 1.75 bits per heavy atom. The van der Waals surface area contributed by atoms with Gasteiger partial charge in [-0.05, 0) is 51.8 Å². The molecule has 152 valence electrons. The zero-order valence-corrected chi connectivity index (χ0v) is 18.1. The highest BCUT2D eigenvalue weighted by atomic mass is 32.2. The largest absolute Gasteiger partial charge is 0.462 e. The van der Waals surface area contributed by atoms with Crippen molar-refractivity contribution in [1.29, 1.82) is 0 Å². The molecule has 0 aliphatic heterocycles. The van der Waals surface area contributed by atoms with Crippen LogP contribution in [0, 0.1) is 20.8 Å². The number of carbonyl (C=O) groups is 2. The second-order valence-corrected chi connectivity index (χ2v) is 9.83. The summed E-state index contributed by atoms with van der Waals surface area (Å²) in [7, 11) is -3.43. The van der Waals surface area contributed by atoms with Gasteiger partial charge in [-0.25, -0.2) is 13.2 Å². The minimum atomic E-state index is -3.43. The highest BCUT2D eigenvalue weighted by molar-refractivity contribution is 7.91. The molecule has 0 spiro atoms. The highest BCUT2D eigenvalue weighted by Crippen LogP contribution is 2.33. The number of amides is 1. The SMILES string of the molecule is CCOC(=O)c1c(NC(=O)CCCS(=O)(=O)c2ccc(C)cc2)sc(C)c1C. The first-order chi connectivity index (χ1) is 13.2. The molecule has 1 aromatic heterocycles. The predicted molar refractivity (Wildman–Crippen MR) is 111 cm³/mol. The molecule has 0 bridgehead atoms. The number of carbonyl (C=O) groups excluding carboxylic acids is 2. The monoisotopic (exact) mass is 423 g/mol. The molecule has 1 heterocycles. The molecule has 6 nitrogen and oxygen atoms in total. The van der Waals surface area contributed by atoms with Gasteiger partial charge in [-0.3, -0.25) is 4.79 Å². The summed E-state index contributed by atoms with van der Waals surface area (Å²) < 4.78 is 29.8. The maximum absolute atomic E-state index is 12.4. The molecule has 0 aliphatic rings. The molecule has 1 aromatic carbocycles. The van der Waals surface area contributed by atoms with E-state index in [1.165, 1.54) is 11.3 Å². The van der Waals surface area contributed by atoms with Crippen LogP contribution in [0.1, 0.15) is 46.1 Å². The summed E-state index contributed by atoms with van der Waals surface area (Å²) in [5.74, 6) is -0.913. The Labute approximate surface area is 169 Å². The first-order valence-electron chi connectivity index (χ1n) is 9.02. The van der Waals surface area contributed by atoms with Gasteiger partial charge in [0.1, 0.15) is 5.00 Å². The number of hydrogen-bond donors (Lipinski definition) is 1. The lowest BCUT2D eigenvalue weighted by atomic mass is 10.1. The van der Waals surface area contributed by atoms with Crippen LogP contribution >= 0.6 is 11.3 Å². The lowest BCUT2D eigenvalue weighted by molar-refractivity contribution is -0.116. The number of aryl methyl sites for hydroxylation is 2. The molecular formula is C20H25NO5S2. The van der Waals surface area contributed by atoms with Gasteiger partial charge in [-0.15, -0.1) is 11.3 Å². The van der Waals surface area contributed by atoms with Crippen molar-refractivity contribution in [3.63, 3.8) is 0 Å². The number of esters is 1. The van der Waals surface area contributed by atoms with Gasteiger partial charge in [0.2, 0.25) is 5.91 Å². The van der Waals surface area contributed by atoms with Crippen molar-refractivity contribution < 1.29 is 22.7 Å². The zero-order chi connectivity index (χ0) is 20.9. The van der Waals surface area contributed by atoms with E-state index in [0.29, 0.717) is 10.6 Å². The molecule has 1 N–H and O–H groups in total. The smallest absolute Gasteiger partial charge is 0.341 e. The minimum Gasteiger partial charge on any atom is -0.462 e. The van der Waals surface area contributed by atoms with Crippen molar-refractivity contribution in [2.45, 2.75) is 45.4 Å². The van der Waals surface area contributed by atoms with Crippen LogP contribution in [0.25, 0.3) is 0 Å². The van der Waals surface area contributed by atoms with Crippen LogP contribution in [0.3, 0.4) is 0 Å². The lowest BCUT2D eigenvalue weighted by Crippen LogP contribution is -2.16. The van der Waals surface area contributed by atoms with Gasteiger partial charge < -0.3 is 10.1 Å². The third-order valence-corrected chi connectivity index (χ3v) is 7.25. The second kappa shape index (κ2) is 9.34. The van der Waals surface area contributed by atoms with Crippen LogP contribution < -0.4 is 5.32 Å². The standard InChI is InChI=1S/C20H25NO5S2/c1-5-26-20(23)18-14(3)15(4)27-19(18)21-17(22)7-6-12-28(24,25)16-10-8-13(2)9-11-16/h8-11H,5-7,12H2,1-4H3,(H,21,22). The van der Waals surface area contributed by atoms with E-state index >= 15 is 0 Å². The molecule has 0 fully saturated rings. The molecule has 0 unspecified atom stereocenters. The predicted octanol–water partition coefficient (Wildman–Crippen LogP) is 4.04. The summed E-state index contributed by atoms with van der Waals surface area (Å²) in [6, 6.07) is 6.65. The van der Waals surface area contributed by atoms with Crippen molar-refractivity contribution >= 4 is 38.1 Å². The van der Waals surface area contributed by atoms with E-state index in [0.717, 1.165) is 16.0 Å². The van der Waals surface area contributed by atoms with E-state index in [1.54, 1.807) is 31.2 Å². The average Bonchev–Trinajstić information content (AvgIpc) is 2.89. The van der Waals surface area contributed by atoms with Gasteiger partial charge in [0, 0.05) is 11.3 Å². The number of benzene rings is 1. The van der Waals surface area contributed by atoms with Gasteiger partial charge >= 0.3 is 5.97 Å². The number of nitrogens with one attached hydrogen (secondary N) is 1. The quantitative estimate of drug-likeness (QED) is 0.647. The lowest BCUT2D eigenvalue weighted by Gasteiger charge is -2.08. The Hall–Kier alpha value is -2.19. The maximum atomic E-state index is 12.4. The number of sulfone groups is 1. The third kappa shape index (κ3) is 5.42. The molecule has 2 rings (SSSR count). The molecule has 8 heteroatoms. The summed E-state index contributed by atoms with van der Waals surface area (Å²) in [6.45, 7) is 7.53. The molecule has 2 aromatic rings. The van der Waals surface area contributed by atoms with E-state index < -0.39 is 15.8 Å². The van der Waals surface area contributed by atoms with Gasteiger partial charge in [-0.1, -0.05) is 17.7 Å². The first kappa shape index (κ1) is 22.1. The van der Waals surface area contributed by atoms with Crippen molar-refractivity contribution in [3.05, 3.63) is 45.8 Å². The van der Waals surface area contributed by atoms with E-state index in [1.807, 2.05) is 20.8 Å². The van der Waals surface area contributed by atoms with Crippen molar-refractivity contribution in [3.8, 4) is 0 Å². The van der Waals surface area contributed by atoms with E-state index in [4.69, 9.17) is 4.74 Å². The fraction of sp³-hybridized carbons (Fsp3) is 0.400. The molecule has 1 amide bonds. The summed E-state index contributed by atoms with van der Waals surface area (Å²) in [6.07, 6.45) is 0.240. The molecular weight excluding hydrogens is 398 g/mol. The summed E-state index contributed by atoms with van der Waals surface area (Å²) >= 11 is 1.31. The fourth-order valence-corrected chi connectivity index (χ4v) is 5.01. The molecule has 0 aliphatic carbocycles. The van der Waals surface area contributed by atoms with Crippen LogP contribution in [0.2, 0.25) is 0 Å². The molecule has 0 saturated carbocycles. The summed E-state index contributed by atoms with van der Waals surface area (Å²) in [5, 5.41) is 3.17. The van der Waals surface area contributed by atoms with Gasteiger partial charge in [0.25, 0.3) is 0 Å². The number of ether oxygens (including phenoxy) is 1. The maximum Gasteiger partial charge on any atom is 0.341 e. The molecule has 28 heavy (non-hydrogen) atoms. The summed E-state index contributed by atoms with van der Waals surface area (Å²) in [5.41, 5.74) is 2.13. The van der Waals surface area contributed by atoms with Gasteiger partial charge in [0.15, 0.2) is 9.84 Å². The van der Waals surface area contributed by atoms with Crippen LogP contribution in [-0.2, 0) is 19.4 Å². The van der Waals surface area contributed by atoms with Gasteiger partial charge in [0.05, 0.1) is 22.8 Å². The topological polar surface area (TPSA) is 89.5 Å². The number of hydrogen-bond acceptors (Lipinski definition) is 6. The highest BCUT2D eigenvalue weighted by Gasteiger charge is 2.22. The normalized spacial score (nSPS) is 11.3. The molecule has 0 radical (unpaired) electrons. The number of thiophene rings is 1.